The van der Waals surface area contributed by atoms with Crippen molar-refractivity contribution < 1.29 is 44.6 Å². The molecule has 0 aliphatic heterocycles. The molecule has 1 N–H and O–H groups in total. The molecule has 0 heterocycles. The first-order valence-electron chi connectivity index (χ1n) is 8.88. The number of aliphatic hydroxyl groups is 1. The molecule has 136 valence electrons. The summed E-state index contributed by atoms with van der Waals surface area (Å²) in [6.07, 6.45) is 12.1. The second kappa shape index (κ2) is 18.9. The molecule has 0 aromatic rings. The average molecular weight is 478 g/mol. The van der Waals surface area contributed by atoms with Crippen molar-refractivity contribution in [1.29, 1.82) is 0 Å². The van der Waals surface area contributed by atoms with Gasteiger partial charge in [-0.05, 0) is 32.1 Å². The van der Waals surface area contributed by atoms with E-state index in [9.17, 15) is 15.0 Å². The van der Waals surface area contributed by atoms with E-state index in [-0.39, 0.29) is 42.1 Å². The van der Waals surface area contributed by atoms with E-state index in [1.165, 1.54) is 19.3 Å². The van der Waals surface area contributed by atoms with Gasteiger partial charge in [-0.15, -0.1) is 0 Å². The normalized spacial score (nSPS) is 13.2. The van der Waals surface area contributed by atoms with Crippen LogP contribution in [0.15, 0.2) is 8.96 Å². The van der Waals surface area contributed by atoms with Gasteiger partial charge in [-0.25, -0.2) is 0 Å². The van der Waals surface area contributed by atoms with Crippen molar-refractivity contribution in [3.05, 3.63) is 8.96 Å². The van der Waals surface area contributed by atoms with Crippen molar-refractivity contribution in [3.63, 3.8) is 0 Å². The first kappa shape index (κ1) is 27.3. The van der Waals surface area contributed by atoms with Gasteiger partial charge in [-0.1, -0.05) is 83.7 Å². The van der Waals surface area contributed by atoms with E-state index >= 15 is 0 Å². The number of rotatable bonds is 15. The number of carboxylic acids is 1. The van der Waals surface area contributed by atoms with E-state index < -0.39 is 5.97 Å². The van der Waals surface area contributed by atoms with Crippen molar-refractivity contribution in [1.82, 2.24) is 0 Å². The van der Waals surface area contributed by atoms with Gasteiger partial charge in [0.05, 0.1) is 6.10 Å². The first-order valence-corrected chi connectivity index (χ1v) is 10.5. The van der Waals surface area contributed by atoms with Crippen molar-refractivity contribution >= 4 is 37.8 Å². The molecule has 0 saturated heterocycles. The molecule has 0 saturated carbocycles. The molecule has 6 heteroatoms. The third-order valence-corrected chi connectivity index (χ3v) is 6.09. The number of allylic oxidation sites excluding steroid dienone is 1. The van der Waals surface area contributed by atoms with Crippen LogP contribution < -0.4 is 34.7 Å². The Morgan fingerprint density at radius 2 is 1.46 bits per heavy atom. The molecule has 0 aliphatic rings. The minimum Gasteiger partial charge on any atom is -0.550 e. The first-order chi connectivity index (χ1) is 11.0. The third kappa shape index (κ3) is 17.9. The molecule has 0 aromatic carbocycles. The number of carbonyl (C=O) groups excluding carboxylic acids is 1. The molecule has 0 aliphatic carbocycles. The quantitative estimate of drug-likeness (QED) is 0.290. The summed E-state index contributed by atoms with van der Waals surface area (Å²) in [5.74, 6) is -0.951. The van der Waals surface area contributed by atoms with Crippen molar-refractivity contribution in [2.75, 3.05) is 0 Å². The minimum atomic E-state index is -0.951. The van der Waals surface area contributed by atoms with Gasteiger partial charge >= 0.3 is 29.6 Å². The van der Waals surface area contributed by atoms with E-state index in [0.29, 0.717) is 12.8 Å². The molecular formula is C18H31Br2NaO3. The van der Waals surface area contributed by atoms with E-state index in [4.69, 9.17) is 0 Å². The van der Waals surface area contributed by atoms with Crippen molar-refractivity contribution in [3.8, 4) is 0 Å². The predicted octanol–water partition coefficient (Wildman–Crippen LogP) is 2.19. The van der Waals surface area contributed by atoms with Crippen LogP contribution in [0.3, 0.4) is 0 Å². The molecule has 0 bridgehead atoms. The van der Waals surface area contributed by atoms with Crippen LogP contribution in [-0.2, 0) is 4.79 Å². The zero-order valence-corrected chi connectivity index (χ0v) is 20.5. The van der Waals surface area contributed by atoms with Crippen LogP contribution >= 0.6 is 31.9 Å². The van der Waals surface area contributed by atoms with Gasteiger partial charge in [-0.3, -0.25) is 0 Å². The number of aliphatic carboxylic acids is 1. The summed E-state index contributed by atoms with van der Waals surface area (Å²) >= 11 is 7.18. The summed E-state index contributed by atoms with van der Waals surface area (Å²) in [6, 6.07) is 0. The molecule has 0 fully saturated rings. The molecule has 0 aromatic heterocycles. The molecule has 0 radical (unpaired) electrons. The van der Waals surface area contributed by atoms with E-state index in [2.05, 4.69) is 38.8 Å². The topological polar surface area (TPSA) is 60.4 Å². The summed E-state index contributed by atoms with van der Waals surface area (Å²) < 4.78 is 2.21. The zero-order valence-electron chi connectivity index (χ0n) is 15.3. The fourth-order valence-corrected chi connectivity index (χ4v) is 3.46. The predicted molar refractivity (Wildman–Crippen MR) is 102 cm³/mol. The number of hydrogen-bond acceptors (Lipinski definition) is 3. The Labute approximate surface area is 186 Å². The third-order valence-electron chi connectivity index (χ3n) is 3.88. The number of carboxylic acid groups (broad SMARTS) is 1. The Hall–Kier alpha value is 1.13. The number of hydrogen-bond donors (Lipinski definition) is 1. The summed E-state index contributed by atoms with van der Waals surface area (Å²) in [6.45, 7) is 2.19. The monoisotopic (exact) mass is 476 g/mol. The number of carbonyl (C=O) groups is 1. The van der Waals surface area contributed by atoms with Gasteiger partial charge in [0.25, 0.3) is 0 Å². The molecule has 24 heavy (non-hydrogen) atoms. The van der Waals surface area contributed by atoms with Crippen LogP contribution in [0.2, 0.25) is 0 Å². The Bertz CT molecular complexity index is 349. The van der Waals surface area contributed by atoms with Crippen LogP contribution in [0, 0.1) is 0 Å². The smallest absolute Gasteiger partial charge is 0.550 e. The summed E-state index contributed by atoms with van der Waals surface area (Å²) in [4.78, 5) is 10.3. The van der Waals surface area contributed by atoms with Crippen LogP contribution in [0.5, 0.6) is 0 Å². The molecule has 1 atom stereocenters. The second-order valence-electron chi connectivity index (χ2n) is 6.16. The Morgan fingerprint density at radius 3 is 2.04 bits per heavy atom. The zero-order chi connectivity index (χ0) is 17.5. The van der Waals surface area contributed by atoms with E-state index in [0.717, 1.165) is 53.9 Å². The largest absolute Gasteiger partial charge is 1.00 e. The Balaban J connectivity index is 0. The molecule has 0 rings (SSSR count). The number of aliphatic hydroxyl groups excluding tert-OH is 1. The fraction of sp³-hybridized carbons (Fsp3) is 0.833. The maximum Gasteiger partial charge on any atom is 1.00 e. The maximum atomic E-state index is 10.3. The molecule has 3 nitrogen and oxygen atoms in total. The molecule has 0 amide bonds. The number of unbranched alkanes of at least 4 members (excludes halogenated alkanes) is 7. The van der Waals surface area contributed by atoms with Crippen molar-refractivity contribution in [2.45, 2.75) is 96.5 Å². The molecule has 0 unspecified atom stereocenters. The van der Waals surface area contributed by atoms with Crippen LogP contribution in [0.1, 0.15) is 90.4 Å². The van der Waals surface area contributed by atoms with Gasteiger partial charge < -0.3 is 15.0 Å². The van der Waals surface area contributed by atoms with Gasteiger partial charge in [0, 0.05) is 21.4 Å². The van der Waals surface area contributed by atoms with Crippen LogP contribution in [0.25, 0.3) is 0 Å². The van der Waals surface area contributed by atoms with Gasteiger partial charge in [0.1, 0.15) is 0 Å². The summed E-state index contributed by atoms with van der Waals surface area (Å²) in [5, 5.41) is 20.3. The standard InChI is InChI=1S/C18H32Br2O3.Na/c1-2-3-4-8-11-15(21)14-17(20)16(19)12-9-6-5-7-10-13-18(22)23;/h15,21H,2-14H2,1H3,(H,22,23);/q;+1/p-1/b17-16-;/t15-;/m1./s1. The van der Waals surface area contributed by atoms with Gasteiger partial charge in [-0.2, -0.15) is 0 Å². The molecule has 0 spiro atoms. The second-order valence-corrected chi connectivity index (χ2v) is 8.07. The van der Waals surface area contributed by atoms with Crippen LogP contribution in [0.4, 0.5) is 0 Å². The van der Waals surface area contributed by atoms with Crippen molar-refractivity contribution in [2.24, 2.45) is 0 Å². The molecular weight excluding hydrogens is 447 g/mol. The van der Waals surface area contributed by atoms with Gasteiger partial charge in [0.2, 0.25) is 0 Å². The van der Waals surface area contributed by atoms with Crippen LogP contribution in [-0.4, -0.2) is 17.2 Å². The average Bonchev–Trinajstić information content (AvgIpc) is 2.50. The summed E-state index contributed by atoms with van der Waals surface area (Å²) in [7, 11) is 0. The fourth-order valence-electron chi connectivity index (χ4n) is 2.44. The maximum absolute atomic E-state index is 10.3. The summed E-state index contributed by atoms with van der Waals surface area (Å²) in [5.41, 5.74) is 0. The number of halogens is 2. The Kier molecular flexibility index (Phi) is 21.5. The van der Waals surface area contributed by atoms with E-state index in [1.807, 2.05) is 0 Å². The minimum absolute atomic E-state index is 0. The van der Waals surface area contributed by atoms with E-state index in [1.54, 1.807) is 0 Å². The Morgan fingerprint density at radius 1 is 0.917 bits per heavy atom. The van der Waals surface area contributed by atoms with Gasteiger partial charge in [0.15, 0.2) is 0 Å². The SMILES string of the molecule is CCCCCC[C@@H](O)C/C(Br)=C(/Br)CCCCCCCC(=O)[O-].[Na+].